The molecule has 0 aliphatic heterocycles. The van der Waals surface area contributed by atoms with Crippen molar-refractivity contribution in [3.8, 4) is 5.75 Å². The van der Waals surface area contributed by atoms with E-state index in [0.29, 0.717) is 5.56 Å². The van der Waals surface area contributed by atoms with Gasteiger partial charge in [0, 0.05) is 10.1 Å². The van der Waals surface area contributed by atoms with Gasteiger partial charge in [-0.25, -0.2) is 4.39 Å². The van der Waals surface area contributed by atoms with Crippen LogP contribution in [0.25, 0.3) is 10.1 Å². The molecule has 0 saturated heterocycles. The standard InChI is InChI=1S/C11H9FO3S/c1-15-9-3-7-6(2-11(13)14)5-16-10(7)4-8(9)12/h3-5H,2H2,1H3,(H,13,14). The van der Waals surface area contributed by atoms with E-state index < -0.39 is 11.8 Å². The number of hydrogen-bond acceptors (Lipinski definition) is 3. The Morgan fingerprint density at radius 2 is 2.31 bits per heavy atom. The zero-order valence-electron chi connectivity index (χ0n) is 8.49. The van der Waals surface area contributed by atoms with E-state index in [0.717, 1.165) is 10.1 Å². The minimum atomic E-state index is -0.900. The molecule has 0 unspecified atom stereocenters. The number of ether oxygens (including phenoxy) is 1. The zero-order valence-corrected chi connectivity index (χ0v) is 9.31. The summed E-state index contributed by atoms with van der Waals surface area (Å²) in [5.74, 6) is -1.20. The van der Waals surface area contributed by atoms with Crippen molar-refractivity contribution in [2.45, 2.75) is 6.42 Å². The summed E-state index contributed by atoms with van der Waals surface area (Å²) in [5.41, 5.74) is 0.686. The van der Waals surface area contributed by atoms with Gasteiger partial charge in [-0.3, -0.25) is 4.79 Å². The monoisotopic (exact) mass is 240 g/mol. The molecule has 0 aliphatic rings. The van der Waals surface area contributed by atoms with Crippen molar-refractivity contribution in [3.63, 3.8) is 0 Å². The summed E-state index contributed by atoms with van der Waals surface area (Å²) in [7, 11) is 1.38. The van der Waals surface area contributed by atoms with E-state index in [1.54, 1.807) is 11.4 Å². The van der Waals surface area contributed by atoms with Gasteiger partial charge in [0.2, 0.25) is 0 Å². The number of carboxylic acid groups (broad SMARTS) is 1. The van der Waals surface area contributed by atoms with Crippen LogP contribution < -0.4 is 4.74 Å². The van der Waals surface area contributed by atoms with Gasteiger partial charge in [0.25, 0.3) is 0 Å². The van der Waals surface area contributed by atoms with Crippen LogP contribution in [0.1, 0.15) is 5.56 Å². The molecule has 3 nitrogen and oxygen atoms in total. The average Bonchev–Trinajstić information content (AvgIpc) is 2.59. The molecule has 0 saturated carbocycles. The lowest BCUT2D eigenvalue weighted by Gasteiger charge is -2.02. The van der Waals surface area contributed by atoms with Crippen LogP contribution in [-0.2, 0) is 11.2 Å². The van der Waals surface area contributed by atoms with Crippen molar-refractivity contribution in [3.05, 3.63) is 28.9 Å². The first kappa shape index (κ1) is 10.9. The Morgan fingerprint density at radius 3 is 2.94 bits per heavy atom. The number of halogens is 1. The number of rotatable bonds is 3. The Labute approximate surface area is 95.1 Å². The van der Waals surface area contributed by atoms with E-state index in [4.69, 9.17) is 9.84 Å². The van der Waals surface area contributed by atoms with Crippen LogP contribution in [0.4, 0.5) is 4.39 Å². The van der Waals surface area contributed by atoms with Crippen LogP contribution in [0, 0.1) is 5.82 Å². The summed E-state index contributed by atoms with van der Waals surface area (Å²) >= 11 is 1.33. The van der Waals surface area contributed by atoms with Gasteiger partial charge in [-0.2, -0.15) is 0 Å². The topological polar surface area (TPSA) is 46.5 Å². The Hall–Kier alpha value is -1.62. The maximum atomic E-state index is 13.4. The molecule has 5 heteroatoms. The molecule has 0 spiro atoms. The third-order valence-electron chi connectivity index (χ3n) is 2.27. The lowest BCUT2D eigenvalue weighted by molar-refractivity contribution is -0.136. The first-order valence-electron chi connectivity index (χ1n) is 4.57. The predicted octanol–water partition coefficient (Wildman–Crippen LogP) is 2.68. The summed E-state index contributed by atoms with van der Waals surface area (Å²) in [4.78, 5) is 10.6. The molecule has 2 aromatic rings. The highest BCUT2D eigenvalue weighted by Crippen LogP contribution is 2.31. The van der Waals surface area contributed by atoms with E-state index in [2.05, 4.69) is 0 Å². The fourth-order valence-electron chi connectivity index (χ4n) is 1.54. The van der Waals surface area contributed by atoms with E-state index in [9.17, 15) is 9.18 Å². The van der Waals surface area contributed by atoms with Crippen LogP contribution in [-0.4, -0.2) is 18.2 Å². The third-order valence-corrected chi connectivity index (χ3v) is 3.26. The molecule has 2 rings (SSSR count). The lowest BCUT2D eigenvalue weighted by Crippen LogP contribution is -1.99. The minimum Gasteiger partial charge on any atom is -0.494 e. The number of carboxylic acids is 1. The number of thiophene rings is 1. The summed E-state index contributed by atoms with van der Waals surface area (Å²) in [6.07, 6.45) is -0.0607. The Bertz CT molecular complexity index is 547. The number of hydrogen-bond donors (Lipinski definition) is 1. The Balaban J connectivity index is 2.57. The van der Waals surface area contributed by atoms with Gasteiger partial charge in [-0.15, -0.1) is 11.3 Å². The number of fused-ring (bicyclic) bond motifs is 1. The molecule has 0 atom stereocenters. The molecule has 0 bridgehead atoms. The summed E-state index contributed by atoms with van der Waals surface area (Å²) < 4.78 is 19.0. The largest absolute Gasteiger partial charge is 0.494 e. The normalized spacial score (nSPS) is 10.6. The average molecular weight is 240 g/mol. The van der Waals surface area contributed by atoms with Crippen molar-refractivity contribution in [2.24, 2.45) is 0 Å². The number of benzene rings is 1. The number of methoxy groups -OCH3 is 1. The first-order valence-corrected chi connectivity index (χ1v) is 5.45. The molecule has 0 amide bonds. The van der Waals surface area contributed by atoms with Crippen molar-refractivity contribution in [1.29, 1.82) is 0 Å². The van der Waals surface area contributed by atoms with Gasteiger partial charge >= 0.3 is 5.97 Å². The third kappa shape index (κ3) is 1.86. The van der Waals surface area contributed by atoms with Gasteiger partial charge in [-0.05, 0) is 23.1 Å². The second-order valence-electron chi connectivity index (χ2n) is 3.31. The van der Waals surface area contributed by atoms with Crippen molar-refractivity contribution < 1.29 is 19.0 Å². The van der Waals surface area contributed by atoms with Gasteiger partial charge in [-0.1, -0.05) is 0 Å². The highest BCUT2D eigenvalue weighted by atomic mass is 32.1. The first-order chi connectivity index (χ1) is 7.61. The quantitative estimate of drug-likeness (QED) is 0.897. The van der Waals surface area contributed by atoms with Gasteiger partial charge in [0.15, 0.2) is 11.6 Å². The molecule has 1 aromatic carbocycles. The smallest absolute Gasteiger partial charge is 0.307 e. The summed E-state index contributed by atoms with van der Waals surface area (Å²) in [6.45, 7) is 0. The second kappa shape index (κ2) is 4.09. The molecule has 0 fully saturated rings. The van der Waals surface area contributed by atoms with Gasteiger partial charge < -0.3 is 9.84 Å². The van der Waals surface area contributed by atoms with Crippen LogP contribution in [0.2, 0.25) is 0 Å². The molecule has 0 radical (unpaired) electrons. The maximum absolute atomic E-state index is 13.4. The zero-order chi connectivity index (χ0) is 11.7. The van der Waals surface area contributed by atoms with E-state index in [1.807, 2.05) is 0 Å². The second-order valence-corrected chi connectivity index (χ2v) is 4.23. The van der Waals surface area contributed by atoms with Crippen molar-refractivity contribution in [1.82, 2.24) is 0 Å². The van der Waals surface area contributed by atoms with Crippen LogP contribution in [0.5, 0.6) is 5.75 Å². The molecule has 0 aliphatic carbocycles. The fraction of sp³-hybridized carbons (Fsp3) is 0.182. The van der Waals surface area contributed by atoms with Gasteiger partial charge in [0.05, 0.1) is 13.5 Å². The Kier molecular flexibility index (Phi) is 2.78. The molecule has 84 valence electrons. The number of aliphatic carboxylic acids is 1. The van der Waals surface area contributed by atoms with Crippen molar-refractivity contribution in [2.75, 3.05) is 7.11 Å². The maximum Gasteiger partial charge on any atom is 0.307 e. The molecular formula is C11H9FO3S. The van der Waals surface area contributed by atoms with E-state index in [-0.39, 0.29) is 12.2 Å². The van der Waals surface area contributed by atoms with Gasteiger partial charge in [0.1, 0.15) is 0 Å². The van der Waals surface area contributed by atoms with Crippen molar-refractivity contribution >= 4 is 27.4 Å². The highest BCUT2D eigenvalue weighted by Gasteiger charge is 2.12. The molecule has 1 N–H and O–H groups in total. The Morgan fingerprint density at radius 1 is 1.56 bits per heavy atom. The summed E-state index contributed by atoms with van der Waals surface area (Å²) in [5, 5.41) is 11.2. The lowest BCUT2D eigenvalue weighted by atomic mass is 10.1. The minimum absolute atomic E-state index is 0.0607. The number of carbonyl (C=O) groups is 1. The van der Waals surface area contributed by atoms with Crippen LogP contribution in [0.15, 0.2) is 17.5 Å². The molecule has 16 heavy (non-hydrogen) atoms. The molecule has 1 aromatic heterocycles. The SMILES string of the molecule is COc1cc2c(CC(=O)O)csc2cc1F. The van der Waals surface area contributed by atoms with E-state index >= 15 is 0 Å². The van der Waals surface area contributed by atoms with Crippen LogP contribution >= 0.6 is 11.3 Å². The summed E-state index contributed by atoms with van der Waals surface area (Å²) in [6, 6.07) is 2.91. The molecule has 1 heterocycles. The van der Waals surface area contributed by atoms with Crippen LogP contribution in [0.3, 0.4) is 0 Å². The fourth-order valence-corrected chi connectivity index (χ4v) is 2.51. The highest BCUT2D eigenvalue weighted by molar-refractivity contribution is 7.17. The predicted molar refractivity (Wildman–Crippen MR) is 59.7 cm³/mol. The molecular weight excluding hydrogens is 231 g/mol. The van der Waals surface area contributed by atoms with E-state index in [1.165, 1.54) is 24.5 Å².